The minimum absolute atomic E-state index is 0.0852. The summed E-state index contributed by atoms with van der Waals surface area (Å²) in [6, 6.07) is 16.3. The molecule has 214 valence electrons. The smallest absolute Gasteiger partial charge is 0.308 e. The number of halogens is 3. The predicted octanol–water partition coefficient (Wildman–Crippen LogP) is 3.71. The van der Waals surface area contributed by atoms with Crippen LogP contribution in [0.25, 0.3) is 5.69 Å². The summed E-state index contributed by atoms with van der Waals surface area (Å²) >= 11 is 5.05. The Bertz CT molecular complexity index is 1730. The summed E-state index contributed by atoms with van der Waals surface area (Å²) in [6.07, 6.45) is -5.06. The third kappa shape index (κ3) is 7.77. The normalized spacial score (nSPS) is 11.4. The molecular formula is C22H18F3N9O5S2. The highest BCUT2D eigenvalue weighted by atomic mass is 32.2. The van der Waals surface area contributed by atoms with E-state index in [4.69, 9.17) is 16.5 Å². The number of aromatic nitrogens is 4. The number of hydrogen-bond acceptors (Lipinski definition) is 10. The Hall–Kier alpha value is -5.01. The second-order valence-corrected chi connectivity index (χ2v) is 9.78. The van der Waals surface area contributed by atoms with Gasteiger partial charge in [0.15, 0.2) is 0 Å². The van der Waals surface area contributed by atoms with Gasteiger partial charge in [-0.25, -0.2) is 15.0 Å². The molecule has 0 saturated heterocycles. The van der Waals surface area contributed by atoms with Gasteiger partial charge in [0.1, 0.15) is 0 Å². The second-order valence-electron chi connectivity index (χ2n) is 7.87. The molecule has 41 heavy (non-hydrogen) atoms. The predicted molar refractivity (Wildman–Crippen MR) is 142 cm³/mol. The maximum Gasteiger partial charge on any atom is 0.472 e. The molecule has 0 aliphatic heterocycles. The highest BCUT2D eigenvalue weighted by Crippen LogP contribution is 2.21. The molecule has 0 fully saturated rings. The number of aromatic amines is 1. The molecule has 0 aliphatic rings. The fourth-order valence-corrected chi connectivity index (χ4v) is 4.09. The second kappa shape index (κ2) is 12.0. The maximum atomic E-state index is 12.6. The monoisotopic (exact) mass is 609 g/mol. The molecule has 0 aliphatic carbocycles. The van der Waals surface area contributed by atoms with Crippen LogP contribution in [0.2, 0.25) is 0 Å². The molecule has 0 atom stereocenters. The average molecular weight is 610 g/mol. The zero-order valence-electron chi connectivity index (χ0n) is 20.3. The molecule has 0 saturated carbocycles. The molecule has 0 radical (unpaired) electrons. The van der Waals surface area contributed by atoms with E-state index >= 15 is 0 Å². The highest BCUT2D eigenvalue weighted by Gasteiger charge is 2.38. The lowest BCUT2D eigenvalue weighted by Gasteiger charge is -2.12. The number of carbonyl (C=O) groups excluding carboxylic acids is 2. The van der Waals surface area contributed by atoms with Crippen molar-refractivity contribution in [3.05, 3.63) is 77.6 Å². The van der Waals surface area contributed by atoms with Gasteiger partial charge in [-0.05, 0) is 72.9 Å². The molecule has 1 aromatic heterocycles. The van der Waals surface area contributed by atoms with Gasteiger partial charge in [0, 0.05) is 11.4 Å². The summed E-state index contributed by atoms with van der Waals surface area (Å²) in [5.41, 5.74) is 7.07. The minimum Gasteiger partial charge on any atom is -0.308 e. The van der Waals surface area contributed by atoms with E-state index in [-0.39, 0.29) is 26.7 Å². The molecule has 4 rings (SSSR count). The van der Waals surface area contributed by atoms with Gasteiger partial charge < -0.3 is 10.6 Å². The first-order valence-electron chi connectivity index (χ1n) is 11.1. The van der Waals surface area contributed by atoms with Crippen LogP contribution in [0.3, 0.4) is 0 Å². The molecule has 6 N–H and O–H groups in total. The molecule has 1 heterocycles. The Kier molecular flexibility index (Phi) is 8.50. The van der Waals surface area contributed by atoms with Crippen molar-refractivity contribution >= 4 is 57.0 Å². The summed E-state index contributed by atoms with van der Waals surface area (Å²) in [5.74, 6) is -2.19. The quantitative estimate of drug-likeness (QED) is 0.121. The van der Waals surface area contributed by atoms with Crippen LogP contribution in [0, 0.1) is 4.77 Å². The number of alkyl halides is 3. The van der Waals surface area contributed by atoms with Gasteiger partial charge in [-0.1, -0.05) is 22.4 Å². The average Bonchev–Trinajstić information content (AvgIpc) is 3.36. The first-order valence-corrected chi connectivity index (χ1v) is 12.9. The standard InChI is InChI=1S/C22H18F3N9O5S2/c23-22(24,25)19(35)29-28-13-7-9-14(10-8-13)31-39-41(37,38)18-6-2-4-16(12-18)27-20(36)26-15-3-1-5-17(11-15)34-21(40)30-32-33-34/h1-12,28,31H,(H,29,35)(H2,26,27,36)(H,30,33,40). The first kappa shape index (κ1) is 29.0. The van der Waals surface area contributed by atoms with E-state index in [1.54, 1.807) is 24.3 Å². The van der Waals surface area contributed by atoms with Crippen molar-refractivity contribution in [2.45, 2.75) is 11.1 Å². The molecule has 0 unspecified atom stereocenters. The van der Waals surface area contributed by atoms with Crippen LogP contribution in [0.5, 0.6) is 0 Å². The number of rotatable bonds is 9. The lowest BCUT2D eigenvalue weighted by molar-refractivity contribution is -0.173. The van der Waals surface area contributed by atoms with Gasteiger partial charge >= 0.3 is 28.2 Å². The number of hydrazine groups is 1. The van der Waals surface area contributed by atoms with E-state index in [1.807, 2.05) is 0 Å². The van der Waals surface area contributed by atoms with Gasteiger partial charge in [-0.2, -0.15) is 26.8 Å². The number of nitrogens with zero attached hydrogens (tertiary/aromatic N) is 3. The topological polar surface area (TPSA) is 184 Å². The van der Waals surface area contributed by atoms with Gasteiger partial charge in [-0.15, -0.1) is 4.28 Å². The Labute approximate surface area is 233 Å². The van der Waals surface area contributed by atoms with Crippen LogP contribution >= 0.6 is 12.2 Å². The minimum atomic E-state index is -5.06. The summed E-state index contributed by atoms with van der Waals surface area (Å²) in [6.45, 7) is 0. The van der Waals surface area contributed by atoms with E-state index in [9.17, 15) is 31.2 Å². The molecule has 4 aromatic rings. The maximum absolute atomic E-state index is 12.6. The van der Waals surface area contributed by atoms with Crippen molar-refractivity contribution in [1.82, 2.24) is 25.6 Å². The molecule has 0 spiro atoms. The van der Waals surface area contributed by atoms with Crippen LogP contribution in [0.4, 0.5) is 40.7 Å². The Morgan fingerprint density at radius 1 is 0.902 bits per heavy atom. The number of amides is 3. The van der Waals surface area contributed by atoms with Gasteiger partial charge in [0.25, 0.3) is 0 Å². The van der Waals surface area contributed by atoms with E-state index in [2.05, 4.69) is 37.1 Å². The number of tetrazole rings is 1. The summed E-state index contributed by atoms with van der Waals surface area (Å²) in [7, 11) is -4.37. The fourth-order valence-electron chi connectivity index (χ4n) is 3.08. The molecule has 0 bridgehead atoms. The molecule has 19 heteroatoms. The van der Waals surface area contributed by atoms with Crippen molar-refractivity contribution in [1.29, 1.82) is 0 Å². The van der Waals surface area contributed by atoms with Crippen LogP contribution in [-0.4, -0.2) is 46.7 Å². The van der Waals surface area contributed by atoms with Crippen molar-refractivity contribution in [3.63, 3.8) is 0 Å². The summed E-state index contributed by atoms with van der Waals surface area (Å²) in [4.78, 5) is 23.1. The Balaban J connectivity index is 1.34. The number of carbonyl (C=O) groups is 2. The van der Waals surface area contributed by atoms with Crippen LogP contribution in [0.15, 0.2) is 77.7 Å². The number of urea groups is 1. The zero-order chi connectivity index (χ0) is 29.6. The molecule has 3 amide bonds. The summed E-state index contributed by atoms with van der Waals surface area (Å²) < 4.78 is 68.5. The van der Waals surface area contributed by atoms with Crippen molar-refractivity contribution < 1.29 is 35.5 Å². The van der Waals surface area contributed by atoms with Crippen molar-refractivity contribution in [3.8, 4) is 5.69 Å². The fraction of sp³-hybridized carbons (Fsp3) is 0.0455. The number of H-pyrrole nitrogens is 1. The van der Waals surface area contributed by atoms with Crippen LogP contribution in [0.1, 0.15) is 0 Å². The lowest BCUT2D eigenvalue weighted by Crippen LogP contribution is -2.40. The van der Waals surface area contributed by atoms with E-state index < -0.39 is 28.2 Å². The number of hydrogen-bond donors (Lipinski definition) is 6. The summed E-state index contributed by atoms with van der Waals surface area (Å²) in [5, 5.41) is 15.0. The number of benzene rings is 3. The Morgan fingerprint density at radius 3 is 2.17 bits per heavy atom. The van der Waals surface area contributed by atoms with Crippen molar-refractivity contribution in [2.24, 2.45) is 0 Å². The van der Waals surface area contributed by atoms with Crippen LogP contribution < -0.4 is 27.0 Å². The molecule has 3 aromatic carbocycles. The highest BCUT2D eigenvalue weighted by molar-refractivity contribution is 7.86. The van der Waals surface area contributed by atoms with Crippen molar-refractivity contribution in [2.75, 3.05) is 21.5 Å². The number of anilines is 4. The SMILES string of the molecule is O=C(Nc1cccc(-n2[nH]nnc2=S)c1)Nc1cccc(S(=O)(=O)ONc2ccc(NNC(=O)C(F)(F)F)cc2)c1. The van der Waals surface area contributed by atoms with Gasteiger partial charge in [0.05, 0.1) is 22.0 Å². The van der Waals surface area contributed by atoms with E-state index in [0.717, 1.165) is 0 Å². The molecule has 14 nitrogen and oxygen atoms in total. The Morgan fingerprint density at radius 2 is 1.54 bits per heavy atom. The third-order valence-corrected chi connectivity index (χ3v) is 6.34. The third-order valence-electron chi connectivity index (χ3n) is 4.95. The number of nitrogens with one attached hydrogen (secondary N) is 6. The molecular weight excluding hydrogens is 591 g/mol. The lowest BCUT2D eigenvalue weighted by atomic mass is 10.3. The van der Waals surface area contributed by atoms with E-state index in [0.29, 0.717) is 11.4 Å². The van der Waals surface area contributed by atoms with Gasteiger partial charge in [0.2, 0.25) is 4.77 Å². The van der Waals surface area contributed by atoms with E-state index in [1.165, 1.54) is 58.6 Å². The van der Waals surface area contributed by atoms with Gasteiger partial charge in [-0.3, -0.25) is 15.6 Å². The van der Waals surface area contributed by atoms with Crippen LogP contribution in [-0.2, 0) is 19.2 Å². The zero-order valence-corrected chi connectivity index (χ0v) is 21.9. The largest absolute Gasteiger partial charge is 0.472 e. The first-order chi connectivity index (χ1) is 19.4.